The van der Waals surface area contributed by atoms with E-state index in [1.165, 1.54) is 37.8 Å². The molecule has 1 unspecified atom stereocenters. The van der Waals surface area contributed by atoms with Crippen LogP contribution in [-0.2, 0) is 0 Å². The van der Waals surface area contributed by atoms with Gasteiger partial charge >= 0.3 is 0 Å². The maximum absolute atomic E-state index is 13.8. The van der Waals surface area contributed by atoms with Crippen LogP contribution in [0.4, 0.5) is 8.78 Å². The number of nitrogens with zero attached hydrogens (tertiary/aromatic N) is 1. The minimum absolute atomic E-state index is 0.0548. The molecule has 25 heavy (non-hydrogen) atoms. The number of fused-ring (bicyclic) bond motifs is 2. The third kappa shape index (κ3) is 3.48. The van der Waals surface area contributed by atoms with Crippen molar-refractivity contribution in [2.24, 2.45) is 5.92 Å². The van der Waals surface area contributed by atoms with Crippen molar-refractivity contribution < 1.29 is 8.78 Å². The average molecular weight is 341 g/mol. The number of benzene rings is 2. The van der Waals surface area contributed by atoms with Gasteiger partial charge in [0, 0.05) is 18.0 Å². The molecule has 2 bridgehead atoms. The highest BCUT2D eigenvalue weighted by Crippen LogP contribution is 2.42. The number of hydrogen-bond donors (Lipinski definition) is 0. The molecule has 3 heteroatoms. The maximum Gasteiger partial charge on any atom is 0.123 e. The third-order valence-electron chi connectivity index (χ3n) is 6.27. The molecule has 132 valence electrons. The first-order valence-electron chi connectivity index (χ1n) is 9.33. The van der Waals surface area contributed by atoms with E-state index in [-0.39, 0.29) is 17.6 Å². The minimum atomic E-state index is -0.220. The molecule has 3 atom stereocenters. The average Bonchev–Trinajstić information content (AvgIpc) is 2.81. The Bertz CT molecular complexity index is 685. The van der Waals surface area contributed by atoms with Crippen molar-refractivity contribution in [1.29, 1.82) is 0 Å². The van der Waals surface area contributed by atoms with E-state index in [9.17, 15) is 8.78 Å². The normalized spacial score (nSPS) is 26.3. The van der Waals surface area contributed by atoms with Crippen molar-refractivity contribution in [3.63, 3.8) is 0 Å². The standard InChI is InChI=1S/C22H25F2N/c1-25-20-8-9-21(25)11-15(10-20)12-22(16-4-2-6-18(23)13-16)17-5-3-7-19(24)14-17/h2-7,13-15,20-22H,8-12H2,1H3/t15?,20-,21+. The highest BCUT2D eigenvalue weighted by molar-refractivity contribution is 5.33. The minimum Gasteiger partial charge on any atom is -0.300 e. The van der Waals surface area contributed by atoms with Crippen LogP contribution in [-0.4, -0.2) is 24.0 Å². The van der Waals surface area contributed by atoms with Gasteiger partial charge in [-0.2, -0.15) is 0 Å². The van der Waals surface area contributed by atoms with Crippen molar-refractivity contribution in [3.8, 4) is 0 Å². The van der Waals surface area contributed by atoms with Crippen LogP contribution < -0.4 is 0 Å². The van der Waals surface area contributed by atoms with Crippen LogP contribution in [0.2, 0.25) is 0 Å². The van der Waals surface area contributed by atoms with E-state index in [1.807, 2.05) is 12.1 Å². The quantitative estimate of drug-likeness (QED) is 0.723. The van der Waals surface area contributed by atoms with Gasteiger partial charge in [0.2, 0.25) is 0 Å². The molecule has 2 fully saturated rings. The van der Waals surface area contributed by atoms with Gasteiger partial charge < -0.3 is 4.90 Å². The molecule has 1 nitrogen and oxygen atoms in total. The zero-order chi connectivity index (χ0) is 17.4. The molecule has 2 heterocycles. The molecule has 0 spiro atoms. The van der Waals surface area contributed by atoms with Gasteiger partial charge in [0.25, 0.3) is 0 Å². The van der Waals surface area contributed by atoms with Crippen LogP contribution in [0.3, 0.4) is 0 Å². The molecule has 2 aromatic carbocycles. The lowest BCUT2D eigenvalue weighted by Crippen LogP contribution is -2.40. The second-order valence-corrected chi connectivity index (χ2v) is 7.79. The van der Waals surface area contributed by atoms with Crippen LogP contribution in [0.15, 0.2) is 48.5 Å². The van der Waals surface area contributed by atoms with E-state index in [0.29, 0.717) is 18.0 Å². The summed E-state index contributed by atoms with van der Waals surface area (Å²) in [6.07, 6.45) is 5.96. The third-order valence-corrected chi connectivity index (χ3v) is 6.27. The SMILES string of the molecule is CN1[C@@H]2CC[C@H]1CC(CC(c1cccc(F)c1)c1cccc(F)c1)C2. The molecule has 2 saturated heterocycles. The summed E-state index contributed by atoms with van der Waals surface area (Å²) < 4.78 is 27.6. The molecule has 0 amide bonds. The van der Waals surface area contributed by atoms with E-state index in [4.69, 9.17) is 0 Å². The van der Waals surface area contributed by atoms with Crippen LogP contribution in [0, 0.1) is 17.6 Å². The lowest BCUT2D eigenvalue weighted by atomic mass is 9.78. The van der Waals surface area contributed by atoms with Crippen molar-refractivity contribution in [2.75, 3.05) is 7.05 Å². The van der Waals surface area contributed by atoms with Crippen LogP contribution >= 0.6 is 0 Å². The summed E-state index contributed by atoms with van der Waals surface area (Å²) in [5, 5.41) is 0. The zero-order valence-corrected chi connectivity index (χ0v) is 14.7. The van der Waals surface area contributed by atoms with Gasteiger partial charge in [-0.1, -0.05) is 24.3 Å². The van der Waals surface area contributed by atoms with E-state index in [2.05, 4.69) is 11.9 Å². The Morgan fingerprint density at radius 2 is 1.44 bits per heavy atom. The van der Waals surface area contributed by atoms with E-state index < -0.39 is 0 Å². The fraction of sp³-hybridized carbons (Fsp3) is 0.455. The van der Waals surface area contributed by atoms with Crippen molar-refractivity contribution >= 4 is 0 Å². The number of halogens is 2. The topological polar surface area (TPSA) is 3.24 Å². The van der Waals surface area contributed by atoms with Gasteiger partial charge in [0.1, 0.15) is 11.6 Å². The Morgan fingerprint density at radius 1 is 0.920 bits per heavy atom. The van der Waals surface area contributed by atoms with Crippen molar-refractivity contribution in [3.05, 3.63) is 71.3 Å². The van der Waals surface area contributed by atoms with Crippen molar-refractivity contribution in [1.82, 2.24) is 4.90 Å². The number of piperidine rings is 1. The molecular weight excluding hydrogens is 316 g/mol. The smallest absolute Gasteiger partial charge is 0.123 e. The molecule has 4 rings (SSSR count). The Morgan fingerprint density at radius 3 is 1.92 bits per heavy atom. The summed E-state index contributed by atoms with van der Waals surface area (Å²) >= 11 is 0. The molecular formula is C22H25F2N. The van der Waals surface area contributed by atoms with E-state index in [0.717, 1.165) is 17.5 Å². The fourth-order valence-electron chi connectivity index (χ4n) is 4.96. The van der Waals surface area contributed by atoms with Gasteiger partial charge in [-0.3, -0.25) is 0 Å². The largest absolute Gasteiger partial charge is 0.300 e. The molecule has 0 radical (unpaired) electrons. The predicted molar refractivity (Wildman–Crippen MR) is 96.6 cm³/mol. The van der Waals surface area contributed by atoms with E-state index >= 15 is 0 Å². The Labute approximate surface area is 148 Å². The van der Waals surface area contributed by atoms with Gasteiger partial charge in [0.15, 0.2) is 0 Å². The molecule has 0 N–H and O–H groups in total. The monoisotopic (exact) mass is 341 g/mol. The summed E-state index contributed by atoms with van der Waals surface area (Å²) in [6, 6.07) is 15.0. The van der Waals surface area contributed by atoms with Crippen molar-refractivity contribution in [2.45, 2.75) is 50.1 Å². The lowest BCUT2D eigenvalue weighted by molar-refractivity contribution is 0.127. The molecule has 0 aromatic heterocycles. The summed E-state index contributed by atoms with van der Waals surface area (Å²) in [5.41, 5.74) is 1.91. The van der Waals surface area contributed by atoms with Gasteiger partial charge in [-0.15, -0.1) is 0 Å². The Kier molecular flexibility index (Phi) is 4.60. The van der Waals surface area contributed by atoms with Gasteiger partial charge in [-0.25, -0.2) is 8.78 Å². The van der Waals surface area contributed by atoms with Crippen LogP contribution in [0.5, 0.6) is 0 Å². The summed E-state index contributed by atoms with van der Waals surface area (Å²) in [7, 11) is 2.25. The second-order valence-electron chi connectivity index (χ2n) is 7.79. The summed E-state index contributed by atoms with van der Waals surface area (Å²) in [6.45, 7) is 0. The van der Waals surface area contributed by atoms with Crippen LogP contribution in [0.1, 0.15) is 49.1 Å². The highest BCUT2D eigenvalue weighted by atomic mass is 19.1. The lowest BCUT2D eigenvalue weighted by Gasteiger charge is -2.38. The molecule has 2 aliphatic heterocycles. The summed E-state index contributed by atoms with van der Waals surface area (Å²) in [5.74, 6) is 0.231. The van der Waals surface area contributed by atoms with E-state index in [1.54, 1.807) is 24.3 Å². The number of hydrogen-bond acceptors (Lipinski definition) is 1. The highest BCUT2D eigenvalue weighted by Gasteiger charge is 2.39. The zero-order valence-electron chi connectivity index (χ0n) is 14.7. The fourth-order valence-corrected chi connectivity index (χ4v) is 4.96. The first-order chi connectivity index (χ1) is 12.1. The maximum atomic E-state index is 13.8. The molecule has 2 aliphatic rings. The van der Waals surface area contributed by atoms with Gasteiger partial charge in [-0.05, 0) is 80.5 Å². The Balaban J connectivity index is 1.62. The first-order valence-corrected chi connectivity index (χ1v) is 9.33. The molecule has 2 aromatic rings. The van der Waals surface area contributed by atoms with Crippen LogP contribution in [0.25, 0.3) is 0 Å². The summed E-state index contributed by atoms with van der Waals surface area (Å²) in [4.78, 5) is 2.54. The first kappa shape index (κ1) is 16.7. The second kappa shape index (κ2) is 6.87. The Hall–Kier alpha value is -1.74. The van der Waals surface area contributed by atoms with Gasteiger partial charge in [0.05, 0.1) is 0 Å². The predicted octanol–water partition coefficient (Wildman–Crippen LogP) is 5.36. The number of rotatable bonds is 4. The molecule has 0 aliphatic carbocycles. The molecule has 0 saturated carbocycles.